The highest BCUT2D eigenvalue weighted by atomic mass is 14.9. The third-order valence-electron chi connectivity index (χ3n) is 5.10. The molecule has 0 aliphatic rings. The summed E-state index contributed by atoms with van der Waals surface area (Å²) in [5, 5.41) is 12.1. The third-order valence-corrected chi connectivity index (χ3v) is 5.10. The summed E-state index contributed by atoms with van der Waals surface area (Å²) in [5.41, 5.74) is 2.26. The molecule has 0 aliphatic carbocycles. The van der Waals surface area contributed by atoms with Gasteiger partial charge >= 0.3 is 0 Å². The van der Waals surface area contributed by atoms with Crippen LogP contribution in [0.25, 0.3) is 0 Å². The summed E-state index contributed by atoms with van der Waals surface area (Å²) in [5.74, 6) is 0. The monoisotopic (exact) mass is 356 g/mol. The van der Waals surface area contributed by atoms with Crippen molar-refractivity contribution >= 4 is 5.69 Å². The molecule has 1 aromatic carbocycles. The van der Waals surface area contributed by atoms with Crippen molar-refractivity contribution in [3.63, 3.8) is 0 Å². The minimum atomic E-state index is 0.499. The Balaban J connectivity index is 1.81. The van der Waals surface area contributed by atoms with Crippen LogP contribution in [0.4, 0.5) is 5.69 Å². The molecule has 2 heteroatoms. The first-order valence-electron chi connectivity index (χ1n) is 11.1. The third kappa shape index (κ3) is 12.8. The van der Waals surface area contributed by atoms with Crippen LogP contribution in [0.5, 0.6) is 0 Å². The summed E-state index contributed by atoms with van der Waals surface area (Å²) in [6, 6.07) is 10.4. The SMILES string of the molecule is CCCCCCCCCCCCCCCCNc1ccc(CC#N)cc1. The van der Waals surface area contributed by atoms with Gasteiger partial charge in [-0.1, -0.05) is 103 Å². The zero-order valence-electron chi connectivity index (χ0n) is 17.1. The largest absolute Gasteiger partial charge is 0.385 e. The molecule has 0 spiro atoms. The molecule has 26 heavy (non-hydrogen) atoms. The molecule has 0 aromatic heterocycles. The van der Waals surface area contributed by atoms with E-state index in [0.717, 1.165) is 12.1 Å². The molecule has 1 N–H and O–H groups in total. The Bertz CT molecular complexity index is 458. The van der Waals surface area contributed by atoms with Crippen molar-refractivity contribution in [3.05, 3.63) is 29.8 Å². The van der Waals surface area contributed by atoms with Crippen LogP contribution in [0.3, 0.4) is 0 Å². The predicted octanol–water partition coefficient (Wildman–Crippen LogP) is 7.65. The molecule has 146 valence electrons. The molecule has 2 nitrogen and oxygen atoms in total. The zero-order chi connectivity index (χ0) is 18.7. The van der Waals surface area contributed by atoms with E-state index >= 15 is 0 Å². The van der Waals surface area contributed by atoms with Crippen LogP contribution in [-0.2, 0) is 6.42 Å². The van der Waals surface area contributed by atoms with Crippen LogP contribution in [0.15, 0.2) is 24.3 Å². The van der Waals surface area contributed by atoms with Crippen molar-refractivity contribution in [1.82, 2.24) is 0 Å². The first-order valence-corrected chi connectivity index (χ1v) is 11.1. The Morgan fingerprint density at radius 2 is 1.15 bits per heavy atom. The Labute approximate surface area is 162 Å². The van der Waals surface area contributed by atoms with Gasteiger partial charge in [0.15, 0.2) is 0 Å². The first kappa shape index (κ1) is 22.6. The van der Waals surface area contributed by atoms with Crippen LogP contribution in [0.1, 0.15) is 102 Å². The fourth-order valence-corrected chi connectivity index (χ4v) is 3.38. The van der Waals surface area contributed by atoms with Crippen LogP contribution >= 0.6 is 0 Å². The molecule has 0 heterocycles. The highest BCUT2D eigenvalue weighted by molar-refractivity contribution is 5.44. The average molecular weight is 357 g/mol. The maximum absolute atomic E-state index is 8.68. The highest BCUT2D eigenvalue weighted by Gasteiger charge is 1.96. The second kappa shape index (κ2) is 17.0. The molecule has 1 aromatic rings. The van der Waals surface area contributed by atoms with E-state index in [1.807, 2.05) is 12.1 Å². The molecule has 0 saturated carbocycles. The van der Waals surface area contributed by atoms with E-state index in [1.54, 1.807) is 0 Å². The van der Waals surface area contributed by atoms with E-state index in [0.29, 0.717) is 6.42 Å². The van der Waals surface area contributed by atoms with Crippen molar-refractivity contribution in [2.45, 2.75) is 103 Å². The summed E-state index contributed by atoms with van der Waals surface area (Å²) in [4.78, 5) is 0. The lowest BCUT2D eigenvalue weighted by molar-refractivity contribution is 0.537. The van der Waals surface area contributed by atoms with Gasteiger partial charge in [-0.15, -0.1) is 0 Å². The topological polar surface area (TPSA) is 35.8 Å². The maximum Gasteiger partial charge on any atom is 0.0669 e. The normalized spacial score (nSPS) is 10.6. The summed E-state index contributed by atoms with van der Waals surface area (Å²) >= 11 is 0. The molecule has 0 bridgehead atoms. The zero-order valence-corrected chi connectivity index (χ0v) is 17.1. The lowest BCUT2D eigenvalue weighted by Crippen LogP contribution is -2.01. The smallest absolute Gasteiger partial charge is 0.0669 e. The van der Waals surface area contributed by atoms with E-state index in [2.05, 4.69) is 30.4 Å². The van der Waals surface area contributed by atoms with Gasteiger partial charge in [-0.2, -0.15) is 5.26 Å². The average Bonchev–Trinajstić information content (AvgIpc) is 2.66. The number of rotatable bonds is 17. The quantitative estimate of drug-likeness (QED) is 0.291. The van der Waals surface area contributed by atoms with E-state index in [1.165, 1.54) is 95.6 Å². The number of unbranched alkanes of at least 4 members (excludes halogenated alkanes) is 13. The molecule has 0 unspecified atom stereocenters. The van der Waals surface area contributed by atoms with Gasteiger partial charge in [0, 0.05) is 12.2 Å². The molecule has 0 fully saturated rings. The summed E-state index contributed by atoms with van der Waals surface area (Å²) in [7, 11) is 0. The van der Waals surface area contributed by atoms with Crippen LogP contribution in [0.2, 0.25) is 0 Å². The predicted molar refractivity (Wildman–Crippen MR) is 115 cm³/mol. The van der Waals surface area contributed by atoms with E-state index in [9.17, 15) is 0 Å². The Morgan fingerprint density at radius 3 is 1.62 bits per heavy atom. The Morgan fingerprint density at radius 1 is 0.692 bits per heavy atom. The molecular formula is C24H40N2. The number of hydrogen-bond acceptors (Lipinski definition) is 2. The van der Waals surface area contributed by atoms with Gasteiger partial charge in [-0.25, -0.2) is 0 Å². The lowest BCUT2D eigenvalue weighted by Gasteiger charge is -2.07. The summed E-state index contributed by atoms with van der Waals surface area (Å²) in [6.07, 6.45) is 20.2. The maximum atomic E-state index is 8.68. The number of nitrogens with zero attached hydrogens (tertiary/aromatic N) is 1. The van der Waals surface area contributed by atoms with Crippen molar-refractivity contribution in [1.29, 1.82) is 5.26 Å². The van der Waals surface area contributed by atoms with E-state index in [-0.39, 0.29) is 0 Å². The van der Waals surface area contributed by atoms with Gasteiger partial charge in [0.25, 0.3) is 0 Å². The first-order chi connectivity index (χ1) is 12.9. The molecule has 1 rings (SSSR count). The number of nitrogens with one attached hydrogen (secondary N) is 1. The van der Waals surface area contributed by atoms with Crippen molar-refractivity contribution in [2.24, 2.45) is 0 Å². The number of anilines is 1. The fourth-order valence-electron chi connectivity index (χ4n) is 3.38. The number of hydrogen-bond donors (Lipinski definition) is 1. The molecule has 0 saturated heterocycles. The highest BCUT2D eigenvalue weighted by Crippen LogP contribution is 2.13. The second-order valence-corrected chi connectivity index (χ2v) is 7.55. The van der Waals surface area contributed by atoms with Crippen molar-refractivity contribution in [2.75, 3.05) is 11.9 Å². The number of nitriles is 1. The van der Waals surface area contributed by atoms with Crippen LogP contribution < -0.4 is 5.32 Å². The van der Waals surface area contributed by atoms with Gasteiger partial charge in [0.2, 0.25) is 0 Å². The Kier molecular flexibility index (Phi) is 14.7. The van der Waals surface area contributed by atoms with Gasteiger partial charge in [-0.3, -0.25) is 0 Å². The van der Waals surface area contributed by atoms with Gasteiger partial charge in [0.05, 0.1) is 12.5 Å². The fraction of sp³-hybridized carbons (Fsp3) is 0.708. The lowest BCUT2D eigenvalue weighted by atomic mass is 10.0. The Hall–Kier alpha value is -1.49. The van der Waals surface area contributed by atoms with E-state index in [4.69, 9.17) is 5.26 Å². The van der Waals surface area contributed by atoms with E-state index < -0.39 is 0 Å². The van der Waals surface area contributed by atoms with Gasteiger partial charge in [0.1, 0.15) is 0 Å². The van der Waals surface area contributed by atoms with Gasteiger partial charge < -0.3 is 5.32 Å². The number of benzene rings is 1. The van der Waals surface area contributed by atoms with Crippen LogP contribution in [-0.4, -0.2) is 6.54 Å². The van der Waals surface area contributed by atoms with Crippen LogP contribution in [0, 0.1) is 11.3 Å². The summed E-state index contributed by atoms with van der Waals surface area (Å²) < 4.78 is 0. The standard InChI is InChI=1S/C24H40N2/c1-2-3-4-5-6-7-8-9-10-11-12-13-14-15-22-26-24-18-16-23(17-19-24)20-21-25/h16-19,26H,2-15,20,22H2,1H3. The van der Waals surface area contributed by atoms with Gasteiger partial charge in [-0.05, 0) is 24.1 Å². The molecule has 0 aliphatic heterocycles. The second-order valence-electron chi connectivity index (χ2n) is 7.55. The molecule has 0 radical (unpaired) electrons. The molecule has 0 atom stereocenters. The minimum absolute atomic E-state index is 0.499. The van der Waals surface area contributed by atoms with Crippen molar-refractivity contribution in [3.8, 4) is 6.07 Å². The van der Waals surface area contributed by atoms with Crippen molar-refractivity contribution < 1.29 is 0 Å². The minimum Gasteiger partial charge on any atom is -0.385 e. The molecular weight excluding hydrogens is 316 g/mol. The summed E-state index contributed by atoms with van der Waals surface area (Å²) in [6.45, 7) is 3.34. The molecule has 0 amide bonds.